The molecule has 3 aromatic rings. The van der Waals surface area contributed by atoms with Gasteiger partial charge < -0.3 is 9.52 Å². The Kier molecular flexibility index (Phi) is 4.06. The van der Waals surface area contributed by atoms with Crippen molar-refractivity contribution in [3.8, 4) is 0 Å². The van der Waals surface area contributed by atoms with Gasteiger partial charge in [-0.05, 0) is 29.8 Å². The van der Waals surface area contributed by atoms with Crippen molar-refractivity contribution < 1.29 is 19.1 Å². The maximum absolute atomic E-state index is 12.9. The van der Waals surface area contributed by atoms with Crippen molar-refractivity contribution in [2.45, 2.75) is 6.04 Å². The maximum Gasteiger partial charge on any atom is 0.296 e. The van der Waals surface area contributed by atoms with Gasteiger partial charge in [0, 0.05) is 5.02 Å². The minimum absolute atomic E-state index is 0.0254. The van der Waals surface area contributed by atoms with Gasteiger partial charge in [-0.3, -0.25) is 14.5 Å². The van der Waals surface area contributed by atoms with Crippen LogP contribution in [0.25, 0.3) is 0 Å². The van der Waals surface area contributed by atoms with Crippen molar-refractivity contribution in [2.75, 3.05) is 4.90 Å². The molecule has 26 heavy (non-hydrogen) atoms. The van der Waals surface area contributed by atoms with Crippen LogP contribution in [0, 0.1) is 0 Å². The molecule has 1 aliphatic rings. The molecule has 7 nitrogen and oxygen atoms in total. The quantitative estimate of drug-likeness (QED) is 0.687. The molecule has 0 bridgehead atoms. The van der Waals surface area contributed by atoms with Crippen molar-refractivity contribution in [2.24, 2.45) is 0 Å². The predicted octanol–water partition coefficient (Wildman–Crippen LogP) is 3.57. The molecule has 1 atom stereocenters. The zero-order valence-electron chi connectivity index (χ0n) is 13.0. The van der Waals surface area contributed by atoms with E-state index in [0.29, 0.717) is 10.6 Å². The molecule has 1 aromatic carbocycles. The number of furan rings is 1. The zero-order chi connectivity index (χ0) is 18.3. The fourth-order valence-corrected chi connectivity index (χ4v) is 3.52. The zero-order valence-corrected chi connectivity index (χ0v) is 14.6. The van der Waals surface area contributed by atoms with Gasteiger partial charge in [0.25, 0.3) is 5.91 Å². The van der Waals surface area contributed by atoms with E-state index in [0.717, 1.165) is 11.3 Å². The minimum Gasteiger partial charge on any atom is -0.503 e. The van der Waals surface area contributed by atoms with Gasteiger partial charge in [-0.15, -0.1) is 10.2 Å². The van der Waals surface area contributed by atoms with Crippen LogP contribution in [0.15, 0.2) is 63.9 Å². The largest absolute Gasteiger partial charge is 0.503 e. The van der Waals surface area contributed by atoms with Gasteiger partial charge in [0.15, 0.2) is 11.5 Å². The van der Waals surface area contributed by atoms with Crippen LogP contribution in [0.3, 0.4) is 0 Å². The van der Waals surface area contributed by atoms with E-state index < -0.39 is 23.5 Å². The van der Waals surface area contributed by atoms with Crippen molar-refractivity contribution in [3.05, 3.63) is 75.9 Å². The summed E-state index contributed by atoms with van der Waals surface area (Å²) in [6.07, 6.45) is 1.35. The second kappa shape index (κ2) is 6.40. The summed E-state index contributed by atoms with van der Waals surface area (Å²) in [7, 11) is 0. The van der Waals surface area contributed by atoms with E-state index in [9.17, 15) is 14.7 Å². The van der Waals surface area contributed by atoms with E-state index in [4.69, 9.17) is 16.0 Å². The summed E-state index contributed by atoms with van der Waals surface area (Å²) >= 11 is 7.07. The molecule has 3 heterocycles. The first-order chi connectivity index (χ1) is 12.6. The third-order valence-electron chi connectivity index (χ3n) is 3.94. The molecule has 1 unspecified atom stereocenters. The first-order valence-electron chi connectivity index (χ1n) is 7.44. The normalized spacial score (nSPS) is 17.2. The number of amides is 1. The number of halogens is 1. The van der Waals surface area contributed by atoms with E-state index in [-0.39, 0.29) is 16.5 Å². The van der Waals surface area contributed by atoms with E-state index in [2.05, 4.69) is 10.2 Å². The molecule has 0 saturated carbocycles. The van der Waals surface area contributed by atoms with Crippen molar-refractivity contribution in [1.82, 2.24) is 10.2 Å². The number of hydrogen-bond acceptors (Lipinski definition) is 7. The van der Waals surface area contributed by atoms with Crippen LogP contribution >= 0.6 is 22.9 Å². The third-order valence-corrected chi connectivity index (χ3v) is 4.88. The van der Waals surface area contributed by atoms with Gasteiger partial charge in [-0.2, -0.15) is 0 Å². The number of aliphatic hydroxyl groups is 1. The first-order valence-corrected chi connectivity index (χ1v) is 8.70. The minimum atomic E-state index is -0.870. The maximum atomic E-state index is 12.9. The van der Waals surface area contributed by atoms with Gasteiger partial charge in [-0.1, -0.05) is 35.1 Å². The number of aliphatic hydroxyl groups excluding tert-OH is 1. The van der Waals surface area contributed by atoms with Crippen LogP contribution in [0.1, 0.15) is 22.2 Å². The van der Waals surface area contributed by atoms with Crippen molar-refractivity contribution >= 4 is 39.8 Å². The number of nitrogens with zero attached hydrogens (tertiary/aromatic N) is 3. The number of ketones is 1. The molecule has 9 heteroatoms. The van der Waals surface area contributed by atoms with Crippen LogP contribution in [-0.2, 0) is 4.79 Å². The first kappa shape index (κ1) is 16.5. The van der Waals surface area contributed by atoms with Crippen LogP contribution in [-0.4, -0.2) is 27.0 Å². The Morgan fingerprint density at radius 2 is 2.04 bits per heavy atom. The van der Waals surface area contributed by atoms with E-state index >= 15 is 0 Å². The lowest BCUT2D eigenvalue weighted by Crippen LogP contribution is -2.31. The number of carbonyl (C=O) groups excluding carboxylic acids is 2. The van der Waals surface area contributed by atoms with Gasteiger partial charge in [-0.25, -0.2) is 0 Å². The molecule has 1 aliphatic heterocycles. The predicted molar refractivity (Wildman–Crippen MR) is 94.3 cm³/mol. The summed E-state index contributed by atoms with van der Waals surface area (Å²) in [5.41, 5.74) is 1.98. The fraction of sp³-hybridized carbons (Fsp3) is 0.0588. The number of aromatic nitrogens is 2. The Labute approximate surface area is 156 Å². The number of Topliss-reactive ketones (excluding diaryl/α,β-unsaturated/α-hetero) is 1. The molecule has 0 radical (unpaired) electrons. The van der Waals surface area contributed by atoms with Crippen molar-refractivity contribution in [1.29, 1.82) is 0 Å². The van der Waals surface area contributed by atoms with E-state index in [1.807, 2.05) is 0 Å². The second-order valence-corrected chi connectivity index (χ2v) is 6.67. The molecule has 130 valence electrons. The third kappa shape index (κ3) is 2.59. The highest BCUT2D eigenvalue weighted by Crippen LogP contribution is 2.42. The van der Waals surface area contributed by atoms with Crippen molar-refractivity contribution in [3.63, 3.8) is 0 Å². The lowest BCUT2D eigenvalue weighted by Gasteiger charge is -2.23. The number of rotatable bonds is 4. The smallest absolute Gasteiger partial charge is 0.296 e. The SMILES string of the molecule is O=C(C1=C(O)C(=O)N(c2nncs2)C1c1ccc(Cl)cc1)c1ccco1. The molecule has 0 saturated heterocycles. The van der Waals surface area contributed by atoms with Crippen LogP contribution in [0.2, 0.25) is 5.02 Å². The highest BCUT2D eigenvalue weighted by atomic mass is 35.5. The van der Waals surface area contributed by atoms with Crippen LogP contribution < -0.4 is 4.90 Å². The molecule has 2 aromatic heterocycles. The Balaban J connectivity index is 1.88. The Morgan fingerprint density at radius 3 is 2.65 bits per heavy atom. The summed E-state index contributed by atoms with van der Waals surface area (Å²) in [6, 6.07) is 8.81. The molecule has 0 spiro atoms. The van der Waals surface area contributed by atoms with Gasteiger partial charge in [0.1, 0.15) is 5.51 Å². The molecular weight excluding hydrogens is 378 g/mol. The van der Waals surface area contributed by atoms with E-state index in [1.165, 1.54) is 22.7 Å². The highest BCUT2D eigenvalue weighted by molar-refractivity contribution is 7.13. The van der Waals surface area contributed by atoms with Gasteiger partial charge in [0.2, 0.25) is 10.9 Å². The Bertz CT molecular complexity index is 997. The molecule has 1 amide bonds. The molecular formula is C17H10ClN3O4S. The van der Waals surface area contributed by atoms with Crippen LogP contribution in [0.4, 0.5) is 5.13 Å². The molecule has 0 fully saturated rings. The summed E-state index contributed by atoms with van der Waals surface area (Å²) in [5, 5.41) is 18.9. The second-order valence-electron chi connectivity index (χ2n) is 5.42. The lowest BCUT2D eigenvalue weighted by molar-refractivity contribution is -0.117. The molecule has 1 N–H and O–H groups in total. The van der Waals surface area contributed by atoms with Gasteiger partial charge in [0.05, 0.1) is 17.9 Å². The average molecular weight is 388 g/mol. The number of anilines is 1. The molecule has 0 aliphatic carbocycles. The summed E-state index contributed by atoms with van der Waals surface area (Å²) in [5.74, 6) is -1.91. The van der Waals surface area contributed by atoms with E-state index in [1.54, 1.807) is 30.3 Å². The molecule has 4 rings (SSSR count). The highest BCUT2D eigenvalue weighted by Gasteiger charge is 2.46. The lowest BCUT2D eigenvalue weighted by atomic mass is 9.95. The van der Waals surface area contributed by atoms with Crippen LogP contribution in [0.5, 0.6) is 0 Å². The Morgan fingerprint density at radius 1 is 1.27 bits per heavy atom. The standard InChI is InChI=1S/C17H10ClN3O4S/c18-10-5-3-9(4-6-10)13-12(14(22)11-2-1-7-25-11)15(23)16(24)21(13)17-20-19-8-26-17/h1-8,13,23H. The summed E-state index contributed by atoms with van der Waals surface area (Å²) < 4.78 is 5.15. The number of benzene rings is 1. The fourth-order valence-electron chi connectivity index (χ4n) is 2.81. The average Bonchev–Trinajstić information content (AvgIpc) is 3.38. The topological polar surface area (TPSA) is 96.5 Å². The summed E-state index contributed by atoms with van der Waals surface area (Å²) in [4.78, 5) is 26.8. The number of carbonyl (C=O) groups is 2. The Hall–Kier alpha value is -2.97. The van der Waals surface area contributed by atoms with Gasteiger partial charge >= 0.3 is 0 Å². The monoisotopic (exact) mass is 387 g/mol. The number of hydrogen-bond donors (Lipinski definition) is 1. The summed E-state index contributed by atoms with van der Waals surface area (Å²) in [6.45, 7) is 0.